The van der Waals surface area contributed by atoms with E-state index in [9.17, 15) is 4.79 Å². The van der Waals surface area contributed by atoms with Crippen LogP contribution in [0.5, 0.6) is 0 Å². The summed E-state index contributed by atoms with van der Waals surface area (Å²) in [6.07, 6.45) is 5.53. The van der Waals surface area contributed by atoms with E-state index in [-0.39, 0.29) is 17.8 Å². The van der Waals surface area contributed by atoms with Crippen molar-refractivity contribution >= 4 is 18.3 Å². The minimum atomic E-state index is 0. The maximum Gasteiger partial charge on any atom is 0.228 e. The van der Waals surface area contributed by atoms with Crippen molar-refractivity contribution in [2.45, 2.75) is 39.0 Å². The van der Waals surface area contributed by atoms with Gasteiger partial charge in [0.2, 0.25) is 5.91 Å². The molecule has 1 heterocycles. The van der Waals surface area contributed by atoms with Gasteiger partial charge >= 0.3 is 0 Å². The minimum absolute atomic E-state index is 0. The average molecular weight is 247 g/mol. The Morgan fingerprint density at radius 1 is 1.50 bits per heavy atom. The number of hydrogen-bond donors (Lipinski definition) is 1. The summed E-state index contributed by atoms with van der Waals surface area (Å²) in [5, 5.41) is 0. The van der Waals surface area contributed by atoms with Gasteiger partial charge in [-0.3, -0.25) is 4.79 Å². The number of nitrogens with two attached hydrogens (primary N) is 1. The van der Waals surface area contributed by atoms with Crippen molar-refractivity contribution in [1.29, 1.82) is 0 Å². The molecule has 1 aliphatic carbocycles. The van der Waals surface area contributed by atoms with Gasteiger partial charge in [0.25, 0.3) is 0 Å². The van der Waals surface area contributed by atoms with Crippen molar-refractivity contribution in [3.8, 4) is 0 Å². The van der Waals surface area contributed by atoms with E-state index in [4.69, 9.17) is 5.73 Å². The van der Waals surface area contributed by atoms with Crippen LogP contribution in [-0.4, -0.2) is 30.4 Å². The maximum absolute atomic E-state index is 12.3. The zero-order chi connectivity index (χ0) is 10.9. The second kappa shape index (κ2) is 5.37. The molecule has 1 saturated carbocycles. The Balaban J connectivity index is 0.00000128. The molecule has 0 aromatic carbocycles. The molecule has 94 valence electrons. The first-order chi connectivity index (χ1) is 7.22. The SMILES string of the molecule is CCCC1(C(=O)N2CCC(CN)C2)CC1.Cl. The number of hydrogen-bond acceptors (Lipinski definition) is 2. The fourth-order valence-electron chi connectivity index (χ4n) is 2.75. The standard InChI is InChI=1S/C12H22N2O.ClH/c1-2-4-12(5-6-12)11(15)14-7-3-10(8-13)9-14;/h10H,2-9,13H2,1H3;1H. The molecule has 0 aromatic rings. The number of carbonyl (C=O) groups is 1. The third-order valence-corrected chi connectivity index (χ3v) is 3.94. The highest BCUT2D eigenvalue weighted by Gasteiger charge is 2.51. The van der Waals surface area contributed by atoms with Crippen LogP contribution in [0.25, 0.3) is 0 Å². The predicted octanol–water partition coefficient (Wildman–Crippen LogP) is 1.80. The number of nitrogens with zero attached hydrogens (tertiary/aromatic N) is 1. The Morgan fingerprint density at radius 3 is 2.62 bits per heavy atom. The van der Waals surface area contributed by atoms with E-state index in [1.165, 1.54) is 0 Å². The quantitative estimate of drug-likeness (QED) is 0.822. The topological polar surface area (TPSA) is 46.3 Å². The number of likely N-dealkylation sites (tertiary alicyclic amines) is 1. The molecule has 3 nitrogen and oxygen atoms in total. The molecule has 2 N–H and O–H groups in total. The fraction of sp³-hybridized carbons (Fsp3) is 0.917. The summed E-state index contributed by atoms with van der Waals surface area (Å²) in [7, 11) is 0. The molecule has 0 aromatic heterocycles. The lowest BCUT2D eigenvalue weighted by molar-refractivity contribution is -0.136. The zero-order valence-corrected chi connectivity index (χ0v) is 10.9. The first-order valence-electron chi connectivity index (χ1n) is 6.21. The monoisotopic (exact) mass is 246 g/mol. The van der Waals surface area contributed by atoms with E-state index in [2.05, 4.69) is 11.8 Å². The number of amides is 1. The van der Waals surface area contributed by atoms with Crippen LogP contribution in [-0.2, 0) is 4.79 Å². The Kier molecular flexibility index (Phi) is 4.62. The van der Waals surface area contributed by atoms with Crippen molar-refractivity contribution in [3.63, 3.8) is 0 Å². The van der Waals surface area contributed by atoms with Gasteiger partial charge in [0.15, 0.2) is 0 Å². The Labute approximate surface area is 104 Å². The van der Waals surface area contributed by atoms with Crippen molar-refractivity contribution in [2.75, 3.05) is 19.6 Å². The lowest BCUT2D eigenvalue weighted by Crippen LogP contribution is -2.36. The number of rotatable bonds is 4. The molecule has 16 heavy (non-hydrogen) atoms. The molecule has 1 saturated heterocycles. The summed E-state index contributed by atoms with van der Waals surface area (Å²) < 4.78 is 0. The van der Waals surface area contributed by atoms with Gasteiger partial charge in [-0.2, -0.15) is 0 Å². The van der Waals surface area contributed by atoms with Gasteiger partial charge in [-0.05, 0) is 38.1 Å². The minimum Gasteiger partial charge on any atom is -0.342 e. The summed E-state index contributed by atoms with van der Waals surface area (Å²) in [5.41, 5.74) is 5.70. The van der Waals surface area contributed by atoms with Crippen molar-refractivity contribution in [3.05, 3.63) is 0 Å². The third kappa shape index (κ3) is 2.51. The second-order valence-electron chi connectivity index (χ2n) is 5.17. The smallest absolute Gasteiger partial charge is 0.228 e. The lowest BCUT2D eigenvalue weighted by atomic mass is 9.99. The highest BCUT2D eigenvalue weighted by molar-refractivity contribution is 5.85. The summed E-state index contributed by atoms with van der Waals surface area (Å²) in [6.45, 7) is 4.73. The molecule has 1 amide bonds. The van der Waals surface area contributed by atoms with Gasteiger partial charge in [0.1, 0.15) is 0 Å². The van der Waals surface area contributed by atoms with Crippen LogP contribution < -0.4 is 5.73 Å². The Morgan fingerprint density at radius 2 is 2.19 bits per heavy atom. The Hall–Kier alpha value is -0.280. The molecule has 0 spiro atoms. The van der Waals surface area contributed by atoms with Crippen LogP contribution >= 0.6 is 12.4 Å². The largest absolute Gasteiger partial charge is 0.342 e. The second-order valence-corrected chi connectivity index (χ2v) is 5.17. The molecular weight excluding hydrogens is 224 g/mol. The average Bonchev–Trinajstić information content (AvgIpc) is 2.87. The first-order valence-corrected chi connectivity index (χ1v) is 6.21. The number of halogens is 1. The highest BCUT2D eigenvalue weighted by Crippen LogP contribution is 2.51. The van der Waals surface area contributed by atoms with Crippen molar-refractivity contribution < 1.29 is 4.79 Å². The summed E-state index contributed by atoms with van der Waals surface area (Å²) >= 11 is 0. The van der Waals surface area contributed by atoms with Gasteiger partial charge in [0, 0.05) is 18.5 Å². The fourth-order valence-corrected chi connectivity index (χ4v) is 2.75. The molecule has 2 aliphatic rings. The third-order valence-electron chi connectivity index (χ3n) is 3.94. The molecule has 4 heteroatoms. The zero-order valence-electron chi connectivity index (χ0n) is 10.1. The van der Waals surface area contributed by atoms with Crippen LogP contribution in [0.3, 0.4) is 0 Å². The van der Waals surface area contributed by atoms with Gasteiger partial charge in [-0.25, -0.2) is 0 Å². The van der Waals surface area contributed by atoms with Crippen molar-refractivity contribution in [2.24, 2.45) is 17.1 Å². The maximum atomic E-state index is 12.3. The van der Waals surface area contributed by atoms with Crippen LogP contribution in [0.1, 0.15) is 39.0 Å². The first kappa shape index (κ1) is 13.8. The number of carbonyl (C=O) groups excluding carboxylic acids is 1. The van der Waals surface area contributed by atoms with Gasteiger partial charge in [-0.15, -0.1) is 12.4 Å². The summed E-state index contributed by atoms with van der Waals surface area (Å²) in [5.74, 6) is 0.965. The molecule has 0 bridgehead atoms. The molecule has 1 unspecified atom stereocenters. The van der Waals surface area contributed by atoms with E-state index >= 15 is 0 Å². The van der Waals surface area contributed by atoms with E-state index in [0.29, 0.717) is 11.8 Å². The van der Waals surface area contributed by atoms with E-state index in [0.717, 1.165) is 51.7 Å². The van der Waals surface area contributed by atoms with Crippen LogP contribution in [0.2, 0.25) is 0 Å². The molecule has 2 rings (SSSR count). The van der Waals surface area contributed by atoms with Gasteiger partial charge in [-0.1, -0.05) is 13.3 Å². The van der Waals surface area contributed by atoms with Crippen LogP contribution in [0, 0.1) is 11.3 Å². The lowest BCUT2D eigenvalue weighted by Gasteiger charge is -2.22. The normalized spacial score (nSPS) is 26.4. The van der Waals surface area contributed by atoms with E-state index in [1.54, 1.807) is 0 Å². The molecule has 1 atom stereocenters. The Bertz CT molecular complexity index is 253. The molecule has 0 radical (unpaired) electrons. The predicted molar refractivity (Wildman–Crippen MR) is 67.6 cm³/mol. The van der Waals surface area contributed by atoms with Crippen molar-refractivity contribution in [1.82, 2.24) is 4.90 Å². The van der Waals surface area contributed by atoms with E-state index in [1.807, 2.05) is 0 Å². The van der Waals surface area contributed by atoms with E-state index < -0.39 is 0 Å². The van der Waals surface area contributed by atoms with Gasteiger partial charge < -0.3 is 10.6 Å². The summed E-state index contributed by atoms with van der Waals surface area (Å²) in [6, 6.07) is 0. The molecule has 2 fully saturated rings. The van der Waals surface area contributed by atoms with Crippen LogP contribution in [0.15, 0.2) is 0 Å². The molecule has 1 aliphatic heterocycles. The van der Waals surface area contributed by atoms with Gasteiger partial charge in [0.05, 0.1) is 0 Å². The van der Waals surface area contributed by atoms with Crippen LogP contribution in [0.4, 0.5) is 0 Å². The highest BCUT2D eigenvalue weighted by atomic mass is 35.5. The summed E-state index contributed by atoms with van der Waals surface area (Å²) in [4.78, 5) is 14.3. The molecular formula is C12H23ClN2O.